The summed E-state index contributed by atoms with van der Waals surface area (Å²) in [7, 11) is -3.39. The van der Waals surface area contributed by atoms with E-state index in [1.54, 1.807) is 22.5 Å². The van der Waals surface area contributed by atoms with E-state index >= 15 is 0 Å². The van der Waals surface area contributed by atoms with Crippen molar-refractivity contribution in [3.8, 4) is 0 Å². The Labute approximate surface area is 128 Å². The van der Waals surface area contributed by atoms with Crippen molar-refractivity contribution in [1.82, 2.24) is 4.31 Å². The quantitative estimate of drug-likeness (QED) is 0.816. The van der Waals surface area contributed by atoms with E-state index in [9.17, 15) is 8.42 Å². The molecule has 1 radical (unpaired) electrons. The molecule has 3 rings (SSSR count). The normalized spacial score (nSPS) is 23.2. The van der Waals surface area contributed by atoms with E-state index in [-0.39, 0.29) is 5.60 Å². The summed E-state index contributed by atoms with van der Waals surface area (Å²) in [6.45, 7) is 1.75. The van der Waals surface area contributed by atoms with Gasteiger partial charge in [-0.25, -0.2) is 8.42 Å². The van der Waals surface area contributed by atoms with Gasteiger partial charge in [-0.2, -0.15) is 4.31 Å². The molecule has 4 nitrogen and oxygen atoms in total. The molecule has 0 saturated carbocycles. The fraction of sp³-hybridized carbons (Fsp3) is 0.500. The molecule has 2 heterocycles. The molecule has 1 spiro atoms. The number of hydrogen-bond acceptors (Lipinski definition) is 3. The second kappa shape index (κ2) is 5.40. The summed E-state index contributed by atoms with van der Waals surface area (Å²) < 4.78 is 33.3. The Hall–Kier alpha value is -0.430. The Morgan fingerprint density at radius 2 is 2.00 bits per heavy atom. The smallest absolute Gasteiger partial charge is 0.243 e. The molecule has 2 fully saturated rings. The van der Waals surface area contributed by atoms with Gasteiger partial charge in [-0.05, 0) is 43.9 Å². The van der Waals surface area contributed by atoms with Crippen LogP contribution in [0.5, 0.6) is 0 Å². The average Bonchev–Trinajstić information content (AvgIpc) is 2.87. The second-order valence-electron chi connectivity index (χ2n) is 5.35. The molecule has 1 aromatic rings. The van der Waals surface area contributed by atoms with Crippen molar-refractivity contribution in [2.24, 2.45) is 0 Å². The monoisotopic (exact) mass is 358 g/mol. The number of ether oxygens (including phenoxy) is 1. The molecular formula is C14H17BrNO3S. The van der Waals surface area contributed by atoms with Crippen molar-refractivity contribution in [2.45, 2.75) is 29.8 Å². The molecule has 0 bridgehead atoms. The molecule has 0 N–H and O–H groups in total. The lowest BCUT2D eigenvalue weighted by Gasteiger charge is -2.37. The first kappa shape index (κ1) is 14.5. The zero-order chi connectivity index (χ0) is 14.2. The minimum Gasteiger partial charge on any atom is -0.375 e. The Bertz CT molecular complexity index is 586. The molecular weight excluding hydrogens is 342 g/mol. The van der Waals surface area contributed by atoms with E-state index in [0.717, 1.165) is 23.7 Å². The van der Waals surface area contributed by atoms with Crippen LogP contribution in [-0.2, 0) is 14.8 Å². The average molecular weight is 359 g/mol. The van der Waals surface area contributed by atoms with Gasteiger partial charge in [0.15, 0.2) is 0 Å². The molecule has 2 saturated heterocycles. The molecule has 0 unspecified atom stereocenters. The third kappa shape index (κ3) is 2.66. The Morgan fingerprint density at radius 3 is 2.60 bits per heavy atom. The van der Waals surface area contributed by atoms with Crippen molar-refractivity contribution >= 4 is 26.0 Å². The second-order valence-corrected chi connectivity index (χ2v) is 8.20. The van der Waals surface area contributed by atoms with Crippen LogP contribution in [0.1, 0.15) is 19.3 Å². The zero-order valence-electron chi connectivity index (χ0n) is 11.1. The molecule has 20 heavy (non-hydrogen) atoms. The fourth-order valence-electron chi connectivity index (χ4n) is 2.88. The van der Waals surface area contributed by atoms with Gasteiger partial charge in [0.2, 0.25) is 10.0 Å². The molecule has 2 aliphatic rings. The van der Waals surface area contributed by atoms with Gasteiger partial charge < -0.3 is 4.74 Å². The number of halogens is 1. The van der Waals surface area contributed by atoms with E-state index < -0.39 is 10.0 Å². The van der Waals surface area contributed by atoms with Crippen molar-refractivity contribution in [3.63, 3.8) is 0 Å². The molecule has 0 aromatic heterocycles. The highest BCUT2D eigenvalue weighted by atomic mass is 79.9. The number of sulfonamides is 1. The van der Waals surface area contributed by atoms with Crippen molar-refractivity contribution < 1.29 is 13.2 Å². The lowest BCUT2D eigenvalue weighted by atomic mass is 9.90. The van der Waals surface area contributed by atoms with Crippen LogP contribution in [0.2, 0.25) is 0 Å². The highest BCUT2D eigenvalue weighted by Gasteiger charge is 2.41. The fourth-order valence-corrected chi connectivity index (χ4v) is 4.91. The number of rotatable bonds is 2. The van der Waals surface area contributed by atoms with Crippen LogP contribution >= 0.6 is 15.9 Å². The Balaban J connectivity index is 1.77. The number of hydrogen-bond donors (Lipinski definition) is 0. The highest BCUT2D eigenvalue weighted by molar-refractivity contribution is 9.10. The largest absolute Gasteiger partial charge is 0.375 e. The van der Waals surface area contributed by atoms with Crippen LogP contribution in [0.3, 0.4) is 0 Å². The third-order valence-electron chi connectivity index (χ3n) is 4.09. The number of piperidine rings is 1. The van der Waals surface area contributed by atoms with Crippen LogP contribution in [0.15, 0.2) is 33.6 Å². The predicted octanol–water partition coefficient (Wildman–Crippen LogP) is 2.60. The lowest BCUT2D eigenvalue weighted by molar-refractivity contribution is -0.0306. The van der Waals surface area contributed by atoms with Gasteiger partial charge in [-0.3, -0.25) is 0 Å². The van der Waals surface area contributed by atoms with Gasteiger partial charge in [-0.15, -0.1) is 0 Å². The van der Waals surface area contributed by atoms with E-state index in [0.29, 0.717) is 24.6 Å². The van der Waals surface area contributed by atoms with E-state index in [4.69, 9.17) is 4.74 Å². The maximum atomic E-state index is 12.6. The molecule has 2 aliphatic heterocycles. The van der Waals surface area contributed by atoms with E-state index in [1.807, 2.05) is 6.07 Å². The summed E-state index contributed by atoms with van der Waals surface area (Å²) in [4.78, 5) is 0.349. The molecule has 6 heteroatoms. The summed E-state index contributed by atoms with van der Waals surface area (Å²) >= 11 is 3.32. The standard InChI is InChI=1S/C14H17BrNO3S/c15-12-3-1-4-13(11-12)20(17,18)16-8-6-14(7-9-16)5-2-10-19-14/h1-4,11H,5-10H2. The summed E-state index contributed by atoms with van der Waals surface area (Å²) in [6, 6.07) is 6.87. The van der Waals surface area contributed by atoms with E-state index in [2.05, 4.69) is 22.4 Å². The summed E-state index contributed by atoms with van der Waals surface area (Å²) in [5, 5.41) is 0. The molecule has 1 aromatic carbocycles. The van der Waals surface area contributed by atoms with Crippen LogP contribution in [0.25, 0.3) is 0 Å². The topological polar surface area (TPSA) is 46.6 Å². The van der Waals surface area contributed by atoms with Crippen LogP contribution in [-0.4, -0.2) is 38.0 Å². The van der Waals surface area contributed by atoms with Gasteiger partial charge in [0.05, 0.1) is 17.1 Å². The summed E-state index contributed by atoms with van der Waals surface area (Å²) in [6.07, 6.45) is 4.63. The minimum absolute atomic E-state index is 0.108. The predicted molar refractivity (Wildman–Crippen MR) is 79.7 cm³/mol. The molecule has 0 atom stereocenters. The maximum Gasteiger partial charge on any atom is 0.243 e. The maximum absolute atomic E-state index is 12.6. The van der Waals surface area contributed by atoms with Crippen LogP contribution in [0.4, 0.5) is 0 Å². The van der Waals surface area contributed by atoms with Crippen molar-refractivity contribution in [3.05, 3.63) is 35.2 Å². The first-order valence-electron chi connectivity index (χ1n) is 6.73. The van der Waals surface area contributed by atoms with Crippen molar-refractivity contribution in [1.29, 1.82) is 0 Å². The summed E-state index contributed by atoms with van der Waals surface area (Å²) in [5.41, 5.74) is -0.108. The zero-order valence-corrected chi connectivity index (χ0v) is 13.5. The third-order valence-corrected chi connectivity index (χ3v) is 6.48. The Morgan fingerprint density at radius 1 is 1.25 bits per heavy atom. The first-order valence-corrected chi connectivity index (χ1v) is 8.97. The Kier molecular flexibility index (Phi) is 3.92. The van der Waals surface area contributed by atoms with Crippen molar-refractivity contribution in [2.75, 3.05) is 19.7 Å². The van der Waals surface area contributed by atoms with Gasteiger partial charge in [0.1, 0.15) is 0 Å². The number of nitrogens with zero attached hydrogens (tertiary/aromatic N) is 1. The molecule has 0 aliphatic carbocycles. The minimum atomic E-state index is -3.39. The van der Waals surface area contributed by atoms with Gasteiger partial charge in [-0.1, -0.05) is 22.0 Å². The molecule has 109 valence electrons. The van der Waals surface area contributed by atoms with E-state index in [1.165, 1.54) is 0 Å². The van der Waals surface area contributed by atoms with Gasteiger partial charge in [0, 0.05) is 17.6 Å². The first-order chi connectivity index (χ1) is 9.52. The van der Waals surface area contributed by atoms with Gasteiger partial charge >= 0.3 is 0 Å². The van der Waals surface area contributed by atoms with Crippen LogP contribution in [0, 0.1) is 6.42 Å². The summed E-state index contributed by atoms with van der Waals surface area (Å²) in [5.74, 6) is 0. The SMILES string of the molecule is O=S(=O)(c1cccc(Br)c1)N1CCC2(C[CH]CO2)CC1. The highest BCUT2D eigenvalue weighted by Crippen LogP contribution is 2.36. The lowest BCUT2D eigenvalue weighted by Crippen LogP contribution is -2.46. The van der Waals surface area contributed by atoms with Gasteiger partial charge in [0.25, 0.3) is 0 Å². The van der Waals surface area contributed by atoms with Crippen LogP contribution < -0.4 is 0 Å². The number of benzene rings is 1. The molecule has 0 amide bonds.